The van der Waals surface area contributed by atoms with Crippen LogP contribution in [0.15, 0.2) is 53.5 Å². The Kier molecular flexibility index (Phi) is 9.88. The molecule has 0 radical (unpaired) electrons. The van der Waals surface area contributed by atoms with Crippen LogP contribution in [0.4, 0.5) is 5.69 Å². The van der Waals surface area contributed by atoms with Crippen LogP contribution in [0.2, 0.25) is 0 Å². The monoisotopic (exact) mass is 469 g/mol. The fourth-order valence-corrected chi connectivity index (χ4v) is 2.95. The fraction of sp³-hybridized carbons (Fsp3) is 0.261. The molecule has 9 nitrogen and oxygen atoms in total. The lowest BCUT2D eigenvalue weighted by atomic mass is 10.0. The van der Waals surface area contributed by atoms with E-state index in [0.29, 0.717) is 29.0 Å². The Balaban J connectivity index is 1.79. The van der Waals surface area contributed by atoms with Crippen LogP contribution < -0.4 is 15.8 Å². The number of hydrogen-bond acceptors (Lipinski definition) is 7. The molecule has 0 saturated heterocycles. The molecule has 1 atom stereocenters. The van der Waals surface area contributed by atoms with Crippen molar-refractivity contribution in [3.63, 3.8) is 0 Å². The highest BCUT2D eigenvalue weighted by molar-refractivity contribution is 7.78. The van der Waals surface area contributed by atoms with Gasteiger partial charge in [-0.25, -0.2) is 4.79 Å². The maximum Gasteiger partial charge on any atom is 0.326 e. The Morgan fingerprint density at radius 2 is 1.64 bits per heavy atom. The number of primary amides is 1. The molecular formula is C23H23N3O6S. The smallest absolute Gasteiger partial charge is 0.326 e. The van der Waals surface area contributed by atoms with Gasteiger partial charge < -0.3 is 20.9 Å². The average molecular weight is 470 g/mol. The number of carbonyl (C=O) groups is 4. The maximum absolute atomic E-state index is 12.6. The van der Waals surface area contributed by atoms with E-state index >= 15 is 0 Å². The molecule has 2 aromatic carbocycles. The molecule has 0 aliphatic rings. The van der Waals surface area contributed by atoms with Gasteiger partial charge in [-0.3, -0.25) is 14.4 Å². The number of ketones is 1. The summed E-state index contributed by atoms with van der Waals surface area (Å²) < 4.78 is 5.57. The number of rotatable bonds is 13. The Morgan fingerprint density at radius 1 is 1.03 bits per heavy atom. The second-order valence-corrected chi connectivity index (χ2v) is 7.20. The maximum atomic E-state index is 12.6. The van der Waals surface area contributed by atoms with Gasteiger partial charge in [0.05, 0.1) is 17.5 Å². The number of nitrogens with one attached hydrogen (secondary N) is 1. The highest BCUT2D eigenvalue weighted by Gasteiger charge is 2.20. The Labute approximate surface area is 195 Å². The van der Waals surface area contributed by atoms with E-state index in [0.717, 1.165) is 0 Å². The van der Waals surface area contributed by atoms with E-state index in [-0.39, 0.29) is 31.7 Å². The molecule has 10 heteroatoms. The zero-order valence-electron chi connectivity index (χ0n) is 17.7. The first-order valence-electron chi connectivity index (χ1n) is 10.1. The van der Waals surface area contributed by atoms with Gasteiger partial charge in [0.1, 0.15) is 11.8 Å². The van der Waals surface area contributed by atoms with E-state index in [1.54, 1.807) is 48.5 Å². The van der Waals surface area contributed by atoms with E-state index < -0.39 is 23.8 Å². The van der Waals surface area contributed by atoms with Crippen molar-refractivity contribution < 1.29 is 29.0 Å². The number of carboxylic acids is 1. The van der Waals surface area contributed by atoms with Crippen LogP contribution in [0.1, 0.15) is 41.6 Å². The summed E-state index contributed by atoms with van der Waals surface area (Å²) in [7, 11) is 0. The standard InChI is InChI=1S/C23H23N3O6S/c24-20(27)12-11-19(23(30)31)26-21(28)2-1-13-32-18-9-5-16(6-10-18)22(29)15-3-7-17(8-4-15)25-14-33/h3-10,19H,1-2,11-13H2,(H2,24,27)(H,26,28)(H,30,31). The van der Waals surface area contributed by atoms with Crippen molar-refractivity contribution in [2.75, 3.05) is 6.61 Å². The van der Waals surface area contributed by atoms with Crippen molar-refractivity contribution in [2.45, 2.75) is 31.7 Å². The number of nitrogens with two attached hydrogens (primary N) is 1. The predicted molar refractivity (Wildman–Crippen MR) is 124 cm³/mol. The Morgan fingerprint density at radius 3 is 2.18 bits per heavy atom. The van der Waals surface area contributed by atoms with E-state index in [1.807, 2.05) is 0 Å². The number of carboxylic acid groups (broad SMARTS) is 1. The normalized spacial score (nSPS) is 11.0. The lowest BCUT2D eigenvalue weighted by Crippen LogP contribution is -2.41. The molecule has 4 N–H and O–H groups in total. The molecule has 0 aromatic heterocycles. The molecule has 0 heterocycles. The minimum absolute atomic E-state index is 0.0557. The summed E-state index contributed by atoms with van der Waals surface area (Å²) in [6.45, 7) is 0.224. The molecule has 0 fully saturated rings. The number of aliphatic imine (C=N–C) groups is 1. The number of isothiocyanates is 1. The summed E-state index contributed by atoms with van der Waals surface area (Å²) in [4.78, 5) is 50.3. The minimum Gasteiger partial charge on any atom is -0.494 e. The van der Waals surface area contributed by atoms with Gasteiger partial charge in [-0.15, -0.1) is 0 Å². The van der Waals surface area contributed by atoms with Crippen molar-refractivity contribution >= 4 is 46.6 Å². The summed E-state index contributed by atoms with van der Waals surface area (Å²) in [5.41, 5.74) is 6.62. The Bertz CT molecular complexity index is 1050. The first kappa shape index (κ1) is 25.4. The largest absolute Gasteiger partial charge is 0.494 e. The second-order valence-electron chi connectivity index (χ2n) is 7.02. The molecule has 0 aliphatic carbocycles. The van der Waals surface area contributed by atoms with Crippen LogP contribution in [-0.2, 0) is 14.4 Å². The third-order valence-electron chi connectivity index (χ3n) is 4.55. The van der Waals surface area contributed by atoms with Gasteiger partial charge in [-0.2, -0.15) is 4.99 Å². The van der Waals surface area contributed by atoms with E-state index in [2.05, 4.69) is 27.7 Å². The second kappa shape index (κ2) is 12.8. The summed E-state index contributed by atoms with van der Waals surface area (Å²) >= 11 is 4.55. The zero-order chi connectivity index (χ0) is 24.2. The molecule has 2 amide bonds. The fourth-order valence-electron chi connectivity index (χ4n) is 2.84. The van der Waals surface area contributed by atoms with Crippen molar-refractivity contribution in [1.29, 1.82) is 0 Å². The van der Waals surface area contributed by atoms with Crippen LogP contribution in [0.5, 0.6) is 5.75 Å². The molecule has 0 spiro atoms. The van der Waals surface area contributed by atoms with Gasteiger partial charge >= 0.3 is 5.97 Å². The number of hydrogen-bond donors (Lipinski definition) is 3. The van der Waals surface area contributed by atoms with Gasteiger partial charge in [0.15, 0.2) is 5.78 Å². The minimum atomic E-state index is -1.23. The SMILES string of the molecule is NC(=O)CCC(NC(=O)CCCOc1ccc(C(=O)c2ccc(N=C=S)cc2)cc1)C(=O)O. The lowest BCUT2D eigenvalue weighted by molar-refractivity contribution is -0.142. The molecule has 1 unspecified atom stereocenters. The molecule has 2 rings (SSSR count). The van der Waals surface area contributed by atoms with Crippen molar-refractivity contribution in [3.05, 3.63) is 59.7 Å². The molecule has 172 valence electrons. The summed E-state index contributed by atoms with van der Waals surface area (Å²) in [6, 6.07) is 12.1. The highest BCUT2D eigenvalue weighted by atomic mass is 32.1. The molecule has 0 bridgehead atoms. The topological polar surface area (TPSA) is 148 Å². The molecule has 33 heavy (non-hydrogen) atoms. The number of nitrogens with zero attached hydrogens (tertiary/aromatic N) is 1. The van der Waals surface area contributed by atoms with Gasteiger partial charge in [-0.05, 0) is 73.6 Å². The zero-order valence-corrected chi connectivity index (χ0v) is 18.5. The van der Waals surface area contributed by atoms with Gasteiger partial charge in [-0.1, -0.05) is 0 Å². The third-order valence-corrected chi connectivity index (χ3v) is 4.64. The first-order chi connectivity index (χ1) is 15.8. The molecule has 2 aromatic rings. The van der Waals surface area contributed by atoms with Crippen LogP contribution in [-0.4, -0.2) is 46.5 Å². The van der Waals surface area contributed by atoms with Crippen molar-refractivity contribution in [3.8, 4) is 5.75 Å². The van der Waals surface area contributed by atoms with Crippen LogP contribution in [0, 0.1) is 0 Å². The quantitative estimate of drug-likeness (QED) is 0.177. The molecule has 0 aliphatic heterocycles. The summed E-state index contributed by atoms with van der Waals surface area (Å²) in [6.07, 6.45) is 0.209. The number of ether oxygens (including phenoxy) is 1. The van der Waals surface area contributed by atoms with E-state index in [1.165, 1.54) is 0 Å². The number of aliphatic carboxylic acids is 1. The number of thiocarbonyl (C=S) groups is 1. The number of benzene rings is 2. The van der Waals surface area contributed by atoms with E-state index in [9.17, 15) is 19.2 Å². The number of carbonyl (C=O) groups excluding carboxylic acids is 3. The number of amides is 2. The molecular weight excluding hydrogens is 446 g/mol. The summed E-state index contributed by atoms with van der Waals surface area (Å²) in [5, 5.41) is 13.7. The van der Waals surface area contributed by atoms with Crippen LogP contribution in [0.25, 0.3) is 0 Å². The predicted octanol–water partition coefficient (Wildman–Crippen LogP) is 2.65. The third kappa shape index (κ3) is 8.64. The summed E-state index contributed by atoms with van der Waals surface area (Å²) in [5.74, 6) is -1.94. The van der Waals surface area contributed by atoms with Gasteiger partial charge in [0.25, 0.3) is 0 Å². The van der Waals surface area contributed by atoms with Crippen molar-refractivity contribution in [1.82, 2.24) is 5.32 Å². The molecule has 0 saturated carbocycles. The van der Waals surface area contributed by atoms with Gasteiger partial charge in [0, 0.05) is 24.0 Å². The highest BCUT2D eigenvalue weighted by Crippen LogP contribution is 2.18. The first-order valence-corrected chi connectivity index (χ1v) is 10.5. The van der Waals surface area contributed by atoms with Crippen LogP contribution >= 0.6 is 12.2 Å². The van der Waals surface area contributed by atoms with Crippen molar-refractivity contribution in [2.24, 2.45) is 10.7 Å². The lowest BCUT2D eigenvalue weighted by Gasteiger charge is -2.13. The average Bonchev–Trinajstić information content (AvgIpc) is 2.80. The van der Waals surface area contributed by atoms with Gasteiger partial charge in [0.2, 0.25) is 11.8 Å². The Hall–Kier alpha value is -3.88. The van der Waals surface area contributed by atoms with E-state index in [4.69, 9.17) is 15.6 Å². The van der Waals surface area contributed by atoms with Crippen LogP contribution in [0.3, 0.4) is 0 Å².